The maximum absolute atomic E-state index is 12.1. The second-order valence-corrected chi connectivity index (χ2v) is 4.29. The molecule has 0 radical (unpaired) electrons. The summed E-state index contributed by atoms with van der Waals surface area (Å²) in [6.45, 7) is 2.57. The Morgan fingerprint density at radius 2 is 2.05 bits per heavy atom. The number of nitrogens with two attached hydrogens (primary N) is 1. The van der Waals surface area contributed by atoms with Gasteiger partial charge in [0.25, 0.3) is 17.7 Å². The van der Waals surface area contributed by atoms with Gasteiger partial charge in [-0.25, -0.2) is 4.90 Å². The normalized spacial score (nSPS) is 13.8. The number of nitrogens with zero attached hydrogens (tertiary/aromatic N) is 1. The Labute approximate surface area is 110 Å². The van der Waals surface area contributed by atoms with E-state index in [4.69, 9.17) is 5.73 Å². The minimum Gasteiger partial charge on any atom is -0.398 e. The smallest absolute Gasteiger partial charge is 0.270 e. The molecule has 0 fully saturated rings. The number of hydrogen-bond acceptors (Lipinski definition) is 5. The van der Waals surface area contributed by atoms with Gasteiger partial charge in [-0.15, -0.1) is 0 Å². The summed E-state index contributed by atoms with van der Waals surface area (Å²) in [5.74, 6) is -1.80. The van der Waals surface area contributed by atoms with E-state index in [0.717, 1.165) is 6.42 Å². The molecule has 3 N–H and O–H groups in total. The summed E-state index contributed by atoms with van der Waals surface area (Å²) in [7, 11) is 0. The van der Waals surface area contributed by atoms with Crippen LogP contribution in [0.1, 0.15) is 34.1 Å². The second-order valence-electron chi connectivity index (χ2n) is 4.29. The maximum atomic E-state index is 12.1. The molecular weight excluding hydrogens is 246 g/mol. The predicted octanol–water partition coefficient (Wildman–Crippen LogP) is 0.391. The lowest BCUT2D eigenvalue weighted by Crippen LogP contribution is -2.41. The van der Waals surface area contributed by atoms with Crippen molar-refractivity contribution in [2.24, 2.45) is 0 Å². The molecular formula is C13H15N3O3. The number of benzene rings is 1. The zero-order valence-electron chi connectivity index (χ0n) is 10.6. The third-order valence-electron chi connectivity index (χ3n) is 2.90. The molecule has 0 bridgehead atoms. The summed E-state index contributed by atoms with van der Waals surface area (Å²) < 4.78 is 0. The minimum atomic E-state index is -0.638. The first kappa shape index (κ1) is 13.2. The van der Waals surface area contributed by atoms with Crippen LogP contribution in [-0.4, -0.2) is 35.7 Å². The first-order chi connectivity index (χ1) is 9.07. The number of carbonyl (C=O) groups is 3. The van der Waals surface area contributed by atoms with Crippen LogP contribution in [0.3, 0.4) is 0 Å². The number of nitrogen functional groups attached to an aromatic ring is 1. The molecule has 0 atom stereocenters. The van der Waals surface area contributed by atoms with Crippen molar-refractivity contribution in [2.75, 3.05) is 18.8 Å². The highest BCUT2D eigenvalue weighted by Crippen LogP contribution is 2.27. The Morgan fingerprint density at radius 3 is 2.68 bits per heavy atom. The number of rotatable bonds is 4. The summed E-state index contributed by atoms with van der Waals surface area (Å²) >= 11 is 0. The fourth-order valence-corrected chi connectivity index (χ4v) is 1.99. The lowest BCUT2D eigenvalue weighted by atomic mass is 10.1. The predicted molar refractivity (Wildman–Crippen MR) is 69.5 cm³/mol. The maximum Gasteiger partial charge on any atom is 0.270 e. The van der Waals surface area contributed by atoms with E-state index in [2.05, 4.69) is 5.32 Å². The average molecular weight is 261 g/mol. The van der Waals surface area contributed by atoms with Crippen molar-refractivity contribution in [3.8, 4) is 0 Å². The van der Waals surface area contributed by atoms with Gasteiger partial charge < -0.3 is 11.1 Å². The number of amides is 3. The van der Waals surface area contributed by atoms with Gasteiger partial charge in [-0.2, -0.15) is 0 Å². The quantitative estimate of drug-likeness (QED) is 0.464. The van der Waals surface area contributed by atoms with Crippen LogP contribution in [0.4, 0.5) is 5.69 Å². The first-order valence-corrected chi connectivity index (χ1v) is 6.08. The van der Waals surface area contributed by atoms with E-state index in [1.54, 1.807) is 6.07 Å². The summed E-state index contributed by atoms with van der Waals surface area (Å²) in [6, 6.07) is 4.62. The lowest BCUT2D eigenvalue weighted by Gasteiger charge is -2.12. The topological polar surface area (TPSA) is 92.5 Å². The lowest BCUT2D eigenvalue weighted by molar-refractivity contribution is -0.125. The van der Waals surface area contributed by atoms with Crippen LogP contribution in [0.25, 0.3) is 0 Å². The molecule has 6 nitrogen and oxygen atoms in total. The molecule has 1 heterocycles. The molecule has 1 aromatic carbocycles. The average Bonchev–Trinajstić information content (AvgIpc) is 2.63. The van der Waals surface area contributed by atoms with Crippen LogP contribution < -0.4 is 11.1 Å². The van der Waals surface area contributed by atoms with Crippen LogP contribution in [0.2, 0.25) is 0 Å². The van der Waals surface area contributed by atoms with E-state index in [1.807, 2.05) is 6.92 Å². The highest BCUT2D eigenvalue weighted by Gasteiger charge is 2.40. The molecule has 1 aliphatic rings. The van der Waals surface area contributed by atoms with E-state index < -0.39 is 17.7 Å². The number of carbonyl (C=O) groups excluding carboxylic acids is 3. The van der Waals surface area contributed by atoms with E-state index in [9.17, 15) is 14.4 Å². The highest BCUT2D eigenvalue weighted by atomic mass is 16.2. The molecule has 0 spiro atoms. The van der Waals surface area contributed by atoms with Crippen LogP contribution >= 0.6 is 0 Å². The third-order valence-corrected chi connectivity index (χ3v) is 2.90. The second kappa shape index (κ2) is 5.19. The number of fused-ring (bicyclic) bond motifs is 1. The Kier molecular flexibility index (Phi) is 3.62. The molecule has 1 aromatic rings. The van der Waals surface area contributed by atoms with Gasteiger partial charge in [-0.3, -0.25) is 14.4 Å². The summed E-state index contributed by atoms with van der Waals surface area (Å²) in [5, 5.41) is 2.87. The van der Waals surface area contributed by atoms with Crippen molar-refractivity contribution in [3.05, 3.63) is 29.3 Å². The molecule has 0 unspecified atom stereocenters. The van der Waals surface area contributed by atoms with Gasteiger partial charge in [0.2, 0.25) is 0 Å². The summed E-state index contributed by atoms with van der Waals surface area (Å²) in [5.41, 5.74) is 6.21. The minimum absolute atomic E-state index is 0.0424. The number of hydrogen-bond donors (Lipinski definition) is 2. The summed E-state index contributed by atoms with van der Waals surface area (Å²) in [4.78, 5) is 36.7. The van der Waals surface area contributed by atoms with Gasteiger partial charge in [0.1, 0.15) is 0 Å². The number of nitrogens with one attached hydrogen (secondary N) is 1. The molecule has 2 rings (SSSR count). The molecule has 6 heteroatoms. The van der Waals surface area contributed by atoms with E-state index >= 15 is 0 Å². The van der Waals surface area contributed by atoms with E-state index in [1.165, 1.54) is 12.1 Å². The Balaban J connectivity index is 2.23. The van der Waals surface area contributed by atoms with Gasteiger partial charge in [0, 0.05) is 5.69 Å². The Morgan fingerprint density at radius 1 is 1.32 bits per heavy atom. The van der Waals surface area contributed by atoms with E-state index in [0.29, 0.717) is 11.4 Å². The fourth-order valence-electron chi connectivity index (χ4n) is 1.99. The third kappa shape index (κ3) is 2.22. The zero-order valence-corrected chi connectivity index (χ0v) is 10.6. The van der Waals surface area contributed by atoms with Gasteiger partial charge in [0.05, 0.1) is 17.7 Å². The van der Waals surface area contributed by atoms with Crippen molar-refractivity contribution < 1.29 is 14.4 Å². The van der Waals surface area contributed by atoms with Crippen LogP contribution in [0.15, 0.2) is 18.2 Å². The molecule has 0 aromatic heterocycles. The van der Waals surface area contributed by atoms with Crippen molar-refractivity contribution in [1.29, 1.82) is 0 Å². The molecule has 3 amide bonds. The Bertz CT molecular complexity index is 554. The largest absolute Gasteiger partial charge is 0.398 e. The molecule has 0 saturated heterocycles. The van der Waals surface area contributed by atoms with Gasteiger partial charge >= 0.3 is 0 Å². The highest BCUT2D eigenvalue weighted by molar-refractivity contribution is 6.30. The number of imide groups is 3. The molecule has 100 valence electrons. The van der Waals surface area contributed by atoms with Crippen molar-refractivity contribution >= 4 is 23.4 Å². The van der Waals surface area contributed by atoms with Gasteiger partial charge in [-0.1, -0.05) is 13.0 Å². The monoisotopic (exact) mass is 261 g/mol. The van der Waals surface area contributed by atoms with Crippen molar-refractivity contribution in [1.82, 2.24) is 10.2 Å². The standard InChI is InChI=1S/C13H15N3O3/c1-2-6-15-7-10(17)16-12(18)8-4-3-5-9(14)11(8)13(16)19/h3-5,15H,2,6-7,14H2,1H3. The Hall–Kier alpha value is -2.21. The van der Waals surface area contributed by atoms with Crippen LogP contribution in [0.5, 0.6) is 0 Å². The first-order valence-electron chi connectivity index (χ1n) is 6.08. The van der Waals surface area contributed by atoms with E-state index in [-0.39, 0.29) is 23.4 Å². The summed E-state index contributed by atoms with van der Waals surface area (Å²) in [6.07, 6.45) is 0.863. The molecule has 1 aliphatic heterocycles. The molecule has 0 aliphatic carbocycles. The SMILES string of the molecule is CCCNCC(=O)N1C(=O)c2cccc(N)c2C1=O. The number of anilines is 1. The van der Waals surface area contributed by atoms with Crippen molar-refractivity contribution in [3.63, 3.8) is 0 Å². The fraction of sp³-hybridized carbons (Fsp3) is 0.308. The van der Waals surface area contributed by atoms with Crippen LogP contribution in [0, 0.1) is 0 Å². The molecule has 0 saturated carbocycles. The van der Waals surface area contributed by atoms with Gasteiger partial charge in [-0.05, 0) is 25.1 Å². The van der Waals surface area contributed by atoms with Gasteiger partial charge in [0.15, 0.2) is 0 Å². The van der Waals surface area contributed by atoms with Crippen LogP contribution in [-0.2, 0) is 4.79 Å². The molecule has 19 heavy (non-hydrogen) atoms. The van der Waals surface area contributed by atoms with Crippen molar-refractivity contribution in [2.45, 2.75) is 13.3 Å². The zero-order chi connectivity index (χ0) is 14.0.